The number of nitrogens with zero attached hydrogens (tertiary/aromatic N) is 1. The van der Waals surface area contributed by atoms with Crippen molar-refractivity contribution in [2.75, 3.05) is 5.73 Å². The normalized spacial score (nSPS) is 16.0. The molecule has 1 aliphatic carbocycles. The molecule has 0 saturated heterocycles. The Kier molecular flexibility index (Phi) is 6.66. The van der Waals surface area contributed by atoms with Gasteiger partial charge in [0.1, 0.15) is 4.88 Å². The van der Waals surface area contributed by atoms with E-state index in [0.717, 1.165) is 30.6 Å². The molecule has 1 amide bonds. The summed E-state index contributed by atoms with van der Waals surface area (Å²) in [6, 6.07) is 6.04. The van der Waals surface area contributed by atoms with Crippen molar-refractivity contribution in [1.29, 1.82) is 0 Å². The maximum absolute atomic E-state index is 12.3. The molecule has 0 aliphatic heterocycles. The van der Waals surface area contributed by atoms with Gasteiger partial charge >= 0.3 is 0 Å². The largest absolute Gasteiger partial charge is 0.399 e. The maximum Gasteiger partial charge on any atom is 0.263 e. The predicted octanol–water partition coefficient (Wildman–Crippen LogP) is 3.68. The minimum absolute atomic E-state index is 0. The van der Waals surface area contributed by atoms with E-state index in [1.807, 2.05) is 25.1 Å². The third kappa shape index (κ3) is 3.72. The van der Waals surface area contributed by atoms with Gasteiger partial charge in [-0.15, -0.1) is 36.2 Å². The second-order valence-corrected chi connectivity index (χ2v) is 6.00. The van der Waals surface area contributed by atoms with E-state index in [2.05, 4.69) is 10.3 Å². The maximum atomic E-state index is 12.3. The Hall–Kier alpha value is -1.30. The van der Waals surface area contributed by atoms with Gasteiger partial charge in [0.25, 0.3) is 5.91 Å². The summed E-state index contributed by atoms with van der Waals surface area (Å²) in [4.78, 5) is 17.1. The number of benzene rings is 1. The van der Waals surface area contributed by atoms with Crippen molar-refractivity contribution in [1.82, 2.24) is 10.3 Å². The minimum Gasteiger partial charge on any atom is -0.399 e. The van der Waals surface area contributed by atoms with Gasteiger partial charge in [0, 0.05) is 5.69 Å². The number of nitrogens with one attached hydrogen (secondary N) is 1. The lowest BCUT2D eigenvalue weighted by atomic mass is 9.87. The summed E-state index contributed by atoms with van der Waals surface area (Å²) in [7, 11) is 0. The monoisotopic (exact) mass is 359 g/mol. The number of aryl methyl sites for hydroxylation is 2. The summed E-state index contributed by atoms with van der Waals surface area (Å²) in [5.41, 5.74) is 11.6. The van der Waals surface area contributed by atoms with Gasteiger partial charge < -0.3 is 11.1 Å². The first-order valence-electron chi connectivity index (χ1n) is 6.74. The fourth-order valence-electron chi connectivity index (χ4n) is 2.73. The molecule has 1 aromatic heterocycles. The Morgan fingerprint density at radius 2 is 2.18 bits per heavy atom. The molecule has 0 fully saturated rings. The lowest BCUT2D eigenvalue weighted by Crippen LogP contribution is -2.30. The number of carbonyl (C=O) groups excluding carboxylic acids is 1. The molecule has 1 atom stereocenters. The second-order valence-electron chi connectivity index (χ2n) is 5.14. The number of nitrogen functional groups attached to an aromatic ring is 1. The summed E-state index contributed by atoms with van der Waals surface area (Å²) >= 11 is 1.39. The van der Waals surface area contributed by atoms with E-state index in [4.69, 9.17) is 5.73 Å². The van der Waals surface area contributed by atoms with Crippen LogP contribution in [-0.2, 0) is 6.42 Å². The topological polar surface area (TPSA) is 68.0 Å². The average Bonchev–Trinajstić information content (AvgIpc) is 2.85. The zero-order chi connectivity index (χ0) is 14.1. The first-order chi connectivity index (χ1) is 9.65. The summed E-state index contributed by atoms with van der Waals surface area (Å²) in [5.74, 6) is -0.0281. The molecule has 0 bridgehead atoms. The molecule has 22 heavy (non-hydrogen) atoms. The van der Waals surface area contributed by atoms with Crippen molar-refractivity contribution in [3.63, 3.8) is 0 Å². The Morgan fingerprint density at radius 3 is 2.86 bits per heavy atom. The van der Waals surface area contributed by atoms with Crippen molar-refractivity contribution >= 4 is 47.7 Å². The van der Waals surface area contributed by atoms with Crippen LogP contribution >= 0.6 is 36.2 Å². The first-order valence-corrected chi connectivity index (χ1v) is 7.62. The minimum atomic E-state index is -0.0281. The highest BCUT2D eigenvalue weighted by Gasteiger charge is 2.23. The number of rotatable bonds is 2. The van der Waals surface area contributed by atoms with Crippen LogP contribution < -0.4 is 11.1 Å². The number of aromatic nitrogens is 1. The fraction of sp³-hybridized carbons (Fsp3) is 0.333. The van der Waals surface area contributed by atoms with E-state index < -0.39 is 0 Å². The Labute approximate surface area is 146 Å². The molecule has 1 aromatic carbocycles. The Morgan fingerprint density at radius 1 is 1.41 bits per heavy atom. The van der Waals surface area contributed by atoms with Crippen LogP contribution in [0.4, 0.5) is 5.69 Å². The lowest BCUT2D eigenvalue weighted by molar-refractivity contribution is 0.0936. The molecule has 3 N–H and O–H groups in total. The molecule has 0 radical (unpaired) electrons. The molecule has 0 saturated carbocycles. The summed E-state index contributed by atoms with van der Waals surface area (Å²) in [6.45, 7) is 1.86. The van der Waals surface area contributed by atoms with E-state index in [9.17, 15) is 4.79 Å². The third-order valence-electron chi connectivity index (χ3n) is 3.74. The number of thiazole rings is 1. The van der Waals surface area contributed by atoms with Crippen LogP contribution in [-0.4, -0.2) is 10.9 Å². The highest BCUT2D eigenvalue weighted by atomic mass is 35.5. The number of halogens is 2. The fourth-order valence-corrected chi connectivity index (χ4v) is 3.43. The van der Waals surface area contributed by atoms with E-state index in [0.29, 0.717) is 4.88 Å². The van der Waals surface area contributed by atoms with Crippen LogP contribution in [0.15, 0.2) is 23.7 Å². The Bertz CT molecular complexity index is 660. The van der Waals surface area contributed by atoms with E-state index in [1.54, 1.807) is 5.51 Å². The Balaban J connectivity index is 0.00000121. The number of fused-ring (bicyclic) bond motifs is 1. The number of carbonyl (C=O) groups is 1. The molecule has 0 spiro atoms. The third-order valence-corrected chi connectivity index (χ3v) is 4.67. The van der Waals surface area contributed by atoms with Crippen LogP contribution in [0.25, 0.3) is 0 Å². The number of nitrogens with two attached hydrogens (primary N) is 1. The first kappa shape index (κ1) is 18.7. The van der Waals surface area contributed by atoms with Crippen LogP contribution in [0.5, 0.6) is 0 Å². The van der Waals surface area contributed by atoms with E-state index in [1.165, 1.54) is 22.5 Å². The van der Waals surface area contributed by atoms with Crippen LogP contribution in [0.3, 0.4) is 0 Å². The molecule has 2 aromatic rings. The smallest absolute Gasteiger partial charge is 0.263 e. The van der Waals surface area contributed by atoms with Gasteiger partial charge in [-0.2, -0.15) is 0 Å². The molecule has 120 valence electrons. The van der Waals surface area contributed by atoms with Crippen molar-refractivity contribution in [2.24, 2.45) is 0 Å². The molecule has 1 unspecified atom stereocenters. The van der Waals surface area contributed by atoms with Gasteiger partial charge in [-0.05, 0) is 49.4 Å². The highest BCUT2D eigenvalue weighted by molar-refractivity contribution is 7.11. The molecule has 1 heterocycles. The zero-order valence-corrected chi connectivity index (χ0v) is 14.6. The van der Waals surface area contributed by atoms with Crippen molar-refractivity contribution in [2.45, 2.75) is 32.2 Å². The molecule has 3 rings (SSSR count). The molecule has 7 heteroatoms. The van der Waals surface area contributed by atoms with Gasteiger partial charge in [0.2, 0.25) is 0 Å². The lowest BCUT2D eigenvalue weighted by Gasteiger charge is -2.26. The van der Waals surface area contributed by atoms with Gasteiger partial charge in [0.15, 0.2) is 0 Å². The number of amides is 1. The molecular formula is C15H19Cl2N3OS. The van der Waals surface area contributed by atoms with Gasteiger partial charge in [-0.25, -0.2) is 4.98 Å². The number of anilines is 1. The number of hydrogen-bond donors (Lipinski definition) is 2. The van der Waals surface area contributed by atoms with Crippen molar-refractivity contribution < 1.29 is 4.79 Å². The summed E-state index contributed by atoms with van der Waals surface area (Å²) in [5, 5.41) is 3.13. The van der Waals surface area contributed by atoms with Crippen LogP contribution in [0, 0.1) is 6.92 Å². The number of hydrogen-bond acceptors (Lipinski definition) is 4. The summed E-state index contributed by atoms with van der Waals surface area (Å²) < 4.78 is 0. The van der Waals surface area contributed by atoms with E-state index >= 15 is 0 Å². The van der Waals surface area contributed by atoms with Crippen LogP contribution in [0.2, 0.25) is 0 Å². The highest BCUT2D eigenvalue weighted by Crippen LogP contribution is 2.31. The molecule has 1 aliphatic rings. The quantitative estimate of drug-likeness (QED) is 0.803. The van der Waals surface area contributed by atoms with Gasteiger partial charge in [0.05, 0.1) is 17.2 Å². The second kappa shape index (κ2) is 7.81. The van der Waals surface area contributed by atoms with Crippen molar-refractivity contribution in [3.05, 3.63) is 45.4 Å². The standard InChI is InChI=1S/C15H17N3OS.2ClH/c1-9-14(20-8-17-9)15(19)18-13-4-2-3-10-7-11(16)5-6-12(10)13;;/h5-8,13H,2-4,16H2,1H3,(H,18,19);2*1H. The van der Waals surface area contributed by atoms with Crippen LogP contribution in [0.1, 0.15) is 45.4 Å². The molecular weight excluding hydrogens is 341 g/mol. The average molecular weight is 360 g/mol. The predicted molar refractivity (Wildman–Crippen MR) is 95.3 cm³/mol. The summed E-state index contributed by atoms with van der Waals surface area (Å²) in [6.07, 6.45) is 3.08. The van der Waals surface area contributed by atoms with Gasteiger partial charge in [-0.3, -0.25) is 4.79 Å². The zero-order valence-electron chi connectivity index (χ0n) is 12.2. The SMILES string of the molecule is Cc1ncsc1C(=O)NC1CCCc2cc(N)ccc21.Cl.Cl. The van der Waals surface area contributed by atoms with Crippen molar-refractivity contribution in [3.8, 4) is 0 Å². The van der Waals surface area contributed by atoms with E-state index in [-0.39, 0.29) is 36.8 Å². The molecule has 4 nitrogen and oxygen atoms in total. The van der Waals surface area contributed by atoms with Gasteiger partial charge in [-0.1, -0.05) is 6.07 Å².